The van der Waals surface area contributed by atoms with E-state index in [-0.39, 0.29) is 0 Å². The first kappa shape index (κ1) is 10.3. The topological polar surface area (TPSA) is 38.0 Å². The molecule has 1 aromatic carbocycles. The molecular weight excluding hydrogens is 180 g/mol. The van der Waals surface area contributed by atoms with Crippen LogP contribution in [-0.4, -0.2) is 18.6 Å². The first-order valence-corrected chi connectivity index (χ1v) is 5.72. The zero-order chi connectivity index (χ0) is 9.68. The summed E-state index contributed by atoms with van der Waals surface area (Å²) >= 11 is 1.84. The number of thioether (sulfide) groups is 1. The molecule has 0 saturated heterocycles. The summed E-state index contributed by atoms with van der Waals surface area (Å²) in [7, 11) is 0. The van der Waals surface area contributed by atoms with Crippen LogP contribution < -0.4 is 11.1 Å². The Morgan fingerprint density at radius 2 is 2.15 bits per heavy atom. The van der Waals surface area contributed by atoms with Crippen molar-refractivity contribution in [3.8, 4) is 0 Å². The largest absolute Gasteiger partial charge is 0.399 e. The second-order valence-electron chi connectivity index (χ2n) is 3.05. The Balaban J connectivity index is 2.56. The van der Waals surface area contributed by atoms with Crippen molar-refractivity contribution in [2.45, 2.75) is 6.92 Å². The van der Waals surface area contributed by atoms with Crippen molar-refractivity contribution in [1.82, 2.24) is 0 Å². The van der Waals surface area contributed by atoms with Crippen LogP contribution in [0, 0.1) is 6.92 Å². The molecule has 0 spiro atoms. The van der Waals surface area contributed by atoms with E-state index in [1.165, 1.54) is 5.56 Å². The highest BCUT2D eigenvalue weighted by atomic mass is 32.2. The van der Waals surface area contributed by atoms with Gasteiger partial charge in [-0.05, 0) is 36.9 Å². The van der Waals surface area contributed by atoms with E-state index in [0.717, 1.165) is 23.7 Å². The van der Waals surface area contributed by atoms with Gasteiger partial charge in [0, 0.05) is 23.7 Å². The lowest BCUT2D eigenvalue weighted by Gasteiger charge is -2.07. The Bertz CT molecular complexity index is 253. The van der Waals surface area contributed by atoms with Crippen LogP contribution in [0.1, 0.15) is 5.56 Å². The van der Waals surface area contributed by atoms with E-state index in [9.17, 15) is 0 Å². The molecule has 2 nitrogen and oxygen atoms in total. The minimum absolute atomic E-state index is 0.826. The Labute approximate surface area is 83.9 Å². The molecule has 3 N–H and O–H groups in total. The lowest BCUT2D eigenvalue weighted by molar-refractivity contribution is 1.23. The summed E-state index contributed by atoms with van der Waals surface area (Å²) in [6.07, 6.45) is 2.10. The number of rotatable bonds is 4. The smallest absolute Gasteiger partial charge is 0.0363 e. The second kappa shape index (κ2) is 5.02. The van der Waals surface area contributed by atoms with E-state index in [4.69, 9.17) is 5.73 Å². The van der Waals surface area contributed by atoms with Gasteiger partial charge in [-0.15, -0.1) is 0 Å². The molecule has 0 fully saturated rings. The van der Waals surface area contributed by atoms with Crippen LogP contribution in [0.2, 0.25) is 0 Å². The van der Waals surface area contributed by atoms with Crippen molar-refractivity contribution in [3.05, 3.63) is 23.8 Å². The molecule has 3 heteroatoms. The predicted octanol–water partition coefficient (Wildman–Crippen LogP) is 2.35. The number of hydrogen-bond donors (Lipinski definition) is 2. The molecule has 1 rings (SSSR count). The summed E-state index contributed by atoms with van der Waals surface area (Å²) in [5.74, 6) is 1.12. The van der Waals surface area contributed by atoms with Gasteiger partial charge in [0.15, 0.2) is 0 Å². The van der Waals surface area contributed by atoms with Gasteiger partial charge in [-0.2, -0.15) is 11.8 Å². The van der Waals surface area contributed by atoms with Crippen LogP contribution >= 0.6 is 11.8 Å². The van der Waals surface area contributed by atoms with E-state index < -0.39 is 0 Å². The van der Waals surface area contributed by atoms with E-state index in [1.807, 2.05) is 23.9 Å². The van der Waals surface area contributed by atoms with Crippen LogP contribution in [0.3, 0.4) is 0 Å². The molecule has 0 amide bonds. The summed E-state index contributed by atoms with van der Waals surface area (Å²) < 4.78 is 0. The highest BCUT2D eigenvalue weighted by Gasteiger charge is 1.94. The van der Waals surface area contributed by atoms with Crippen LogP contribution in [0.25, 0.3) is 0 Å². The minimum atomic E-state index is 0.826. The van der Waals surface area contributed by atoms with Crippen molar-refractivity contribution in [2.24, 2.45) is 0 Å². The highest BCUT2D eigenvalue weighted by Crippen LogP contribution is 2.15. The lowest BCUT2D eigenvalue weighted by Crippen LogP contribution is -2.04. The quantitative estimate of drug-likeness (QED) is 0.573. The maximum Gasteiger partial charge on any atom is 0.0363 e. The Kier molecular flexibility index (Phi) is 3.96. The average Bonchev–Trinajstić information content (AvgIpc) is 2.03. The van der Waals surface area contributed by atoms with Crippen molar-refractivity contribution in [1.29, 1.82) is 0 Å². The van der Waals surface area contributed by atoms with Gasteiger partial charge in [0.25, 0.3) is 0 Å². The molecule has 0 radical (unpaired) electrons. The Morgan fingerprint density at radius 3 is 2.77 bits per heavy atom. The number of hydrogen-bond acceptors (Lipinski definition) is 3. The van der Waals surface area contributed by atoms with Crippen LogP contribution in [0.4, 0.5) is 11.4 Å². The van der Waals surface area contributed by atoms with Gasteiger partial charge >= 0.3 is 0 Å². The Hall–Kier alpha value is -0.830. The SMILES string of the molecule is CSCCNc1cc(C)cc(N)c1. The number of nitrogens with two attached hydrogens (primary N) is 1. The van der Waals surface area contributed by atoms with Gasteiger partial charge in [0.1, 0.15) is 0 Å². The van der Waals surface area contributed by atoms with Crippen LogP contribution in [0.15, 0.2) is 18.2 Å². The predicted molar refractivity (Wildman–Crippen MR) is 62.5 cm³/mol. The van der Waals surface area contributed by atoms with E-state index in [1.54, 1.807) is 0 Å². The molecule has 0 saturated carbocycles. The third-order valence-electron chi connectivity index (χ3n) is 1.73. The zero-order valence-corrected chi connectivity index (χ0v) is 8.95. The van der Waals surface area contributed by atoms with Gasteiger partial charge in [-0.1, -0.05) is 0 Å². The van der Waals surface area contributed by atoms with Crippen molar-refractivity contribution in [3.63, 3.8) is 0 Å². The van der Waals surface area contributed by atoms with Gasteiger partial charge in [-0.25, -0.2) is 0 Å². The summed E-state index contributed by atoms with van der Waals surface area (Å²) in [5.41, 5.74) is 8.86. The van der Waals surface area contributed by atoms with E-state index >= 15 is 0 Å². The van der Waals surface area contributed by atoms with E-state index in [0.29, 0.717) is 0 Å². The number of anilines is 2. The molecule has 1 aromatic rings. The Morgan fingerprint density at radius 1 is 1.38 bits per heavy atom. The molecular formula is C10H16N2S. The number of benzene rings is 1. The monoisotopic (exact) mass is 196 g/mol. The van der Waals surface area contributed by atoms with Crippen LogP contribution in [-0.2, 0) is 0 Å². The third kappa shape index (κ3) is 3.59. The van der Waals surface area contributed by atoms with Crippen molar-refractivity contribution >= 4 is 23.1 Å². The fourth-order valence-corrected chi connectivity index (χ4v) is 1.52. The maximum atomic E-state index is 5.72. The normalized spacial score (nSPS) is 10.0. The molecule has 0 atom stereocenters. The average molecular weight is 196 g/mol. The lowest BCUT2D eigenvalue weighted by atomic mass is 10.2. The van der Waals surface area contributed by atoms with Crippen LogP contribution in [0.5, 0.6) is 0 Å². The van der Waals surface area contributed by atoms with Crippen molar-refractivity contribution in [2.75, 3.05) is 29.6 Å². The second-order valence-corrected chi connectivity index (χ2v) is 4.04. The summed E-state index contributed by atoms with van der Waals surface area (Å²) in [4.78, 5) is 0. The summed E-state index contributed by atoms with van der Waals surface area (Å²) in [5, 5.41) is 3.33. The molecule has 0 heterocycles. The molecule has 13 heavy (non-hydrogen) atoms. The number of aryl methyl sites for hydroxylation is 1. The zero-order valence-electron chi connectivity index (χ0n) is 8.13. The summed E-state index contributed by atoms with van der Waals surface area (Å²) in [6.45, 7) is 3.04. The first-order valence-electron chi connectivity index (χ1n) is 4.32. The highest BCUT2D eigenvalue weighted by molar-refractivity contribution is 7.98. The fraction of sp³-hybridized carbons (Fsp3) is 0.400. The molecule has 0 aliphatic heterocycles. The molecule has 0 unspecified atom stereocenters. The number of nitrogen functional groups attached to an aromatic ring is 1. The van der Waals surface area contributed by atoms with Gasteiger partial charge in [0.2, 0.25) is 0 Å². The standard InChI is InChI=1S/C10H16N2S/c1-8-5-9(11)7-10(6-8)12-3-4-13-2/h5-7,12H,3-4,11H2,1-2H3. The third-order valence-corrected chi connectivity index (χ3v) is 2.35. The first-order chi connectivity index (χ1) is 6.22. The molecule has 72 valence electrons. The van der Waals surface area contributed by atoms with E-state index in [2.05, 4.69) is 24.6 Å². The van der Waals surface area contributed by atoms with Crippen molar-refractivity contribution < 1.29 is 0 Å². The van der Waals surface area contributed by atoms with Gasteiger partial charge in [-0.3, -0.25) is 0 Å². The molecule has 0 aromatic heterocycles. The summed E-state index contributed by atoms with van der Waals surface area (Å²) in [6, 6.07) is 6.05. The molecule has 0 bridgehead atoms. The minimum Gasteiger partial charge on any atom is -0.399 e. The maximum absolute atomic E-state index is 5.72. The van der Waals surface area contributed by atoms with Gasteiger partial charge in [0.05, 0.1) is 0 Å². The number of nitrogens with one attached hydrogen (secondary N) is 1. The van der Waals surface area contributed by atoms with Gasteiger partial charge < -0.3 is 11.1 Å². The fourth-order valence-electron chi connectivity index (χ4n) is 1.21. The molecule has 0 aliphatic carbocycles. The molecule has 0 aliphatic rings.